The van der Waals surface area contributed by atoms with Gasteiger partial charge in [-0.05, 0) is 46.7 Å². The van der Waals surface area contributed by atoms with Gasteiger partial charge in [0.1, 0.15) is 11.8 Å². The second-order valence-electron chi connectivity index (χ2n) is 8.90. The number of phenolic OH excluding ortho intramolecular Hbond substituents is 1. The highest BCUT2D eigenvalue weighted by Gasteiger charge is 2.27. The number of benzene rings is 1. The minimum absolute atomic E-state index is 0.183. The van der Waals surface area contributed by atoms with Crippen LogP contribution in [0.1, 0.15) is 58.2 Å². The van der Waals surface area contributed by atoms with Gasteiger partial charge in [-0.1, -0.05) is 53.1 Å². The molecule has 0 spiro atoms. The monoisotopic (exact) mass is 432 g/mol. The number of phenols is 1. The third kappa shape index (κ3) is 4.98. The number of nitrogens with zero attached hydrogens (tertiary/aromatic N) is 2. The molecule has 0 atom stereocenters. The fraction of sp³-hybridized carbons (Fsp3) is 0.364. The Hall–Kier alpha value is -2.36. The van der Waals surface area contributed by atoms with E-state index in [0.29, 0.717) is 21.7 Å². The molecule has 5 nitrogen and oxygen atoms in total. The average Bonchev–Trinajstić information content (AvgIpc) is 2.58. The van der Waals surface area contributed by atoms with E-state index in [0.717, 1.165) is 0 Å². The fourth-order valence-electron chi connectivity index (χ4n) is 2.84. The molecule has 2 aromatic rings. The number of nitriles is 1. The van der Waals surface area contributed by atoms with Crippen molar-refractivity contribution in [3.63, 3.8) is 0 Å². The Balaban J connectivity index is 2.73. The molecule has 2 rings (SSSR count). The molecule has 0 unspecified atom stereocenters. The SMILES string of the molecule is CC(C)(C)c1cc(/C=C(\C#N)S(=O)(=O)c2ccc(Cl)cn2)cc(C(C)(C)C)c1O. The predicted octanol–water partition coefficient (Wildman–Crippen LogP) is 5.37. The van der Waals surface area contributed by atoms with Crippen LogP contribution in [0.3, 0.4) is 0 Å². The van der Waals surface area contributed by atoms with E-state index in [1.54, 1.807) is 18.2 Å². The maximum Gasteiger partial charge on any atom is 0.233 e. The smallest absolute Gasteiger partial charge is 0.233 e. The summed E-state index contributed by atoms with van der Waals surface area (Å²) in [7, 11) is -4.11. The first-order valence-electron chi connectivity index (χ1n) is 9.04. The van der Waals surface area contributed by atoms with E-state index in [1.165, 1.54) is 24.4 Å². The maximum absolute atomic E-state index is 12.9. The number of hydrogen-bond donors (Lipinski definition) is 1. The molecule has 1 aromatic heterocycles. The largest absolute Gasteiger partial charge is 0.507 e. The normalized spacial score (nSPS) is 13.2. The third-order valence-corrected chi connectivity index (χ3v) is 6.23. The van der Waals surface area contributed by atoms with Crippen LogP contribution in [0.4, 0.5) is 0 Å². The van der Waals surface area contributed by atoms with Crippen LogP contribution in [-0.4, -0.2) is 18.5 Å². The van der Waals surface area contributed by atoms with Crippen molar-refractivity contribution in [2.45, 2.75) is 57.4 Å². The van der Waals surface area contributed by atoms with Gasteiger partial charge in [0.2, 0.25) is 9.84 Å². The molecular weight excluding hydrogens is 408 g/mol. The van der Waals surface area contributed by atoms with Crippen molar-refractivity contribution in [1.82, 2.24) is 4.98 Å². The molecule has 154 valence electrons. The quantitative estimate of drug-likeness (QED) is 0.658. The molecular formula is C22H25ClN2O3S. The number of pyridine rings is 1. The Morgan fingerprint density at radius 2 is 1.62 bits per heavy atom. The van der Waals surface area contributed by atoms with Crippen LogP contribution in [0.5, 0.6) is 5.75 Å². The lowest BCUT2D eigenvalue weighted by Crippen LogP contribution is -2.17. The number of hydrogen-bond acceptors (Lipinski definition) is 5. The number of rotatable bonds is 3. The second-order valence-corrected chi connectivity index (χ2v) is 11.2. The van der Waals surface area contributed by atoms with Crippen molar-refractivity contribution < 1.29 is 13.5 Å². The van der Waals surface area contributed by atoms with Crippen LogP contribution in [0.25, 0.3) is 6.08 Å². The van der Waals surface area contributed by atoms with E-state index in [2.05, 4.69) is 4.98 Å². The Kier molecular flexibility index (Phi) is 6.18. The molecule has 0 fully saturated rings. The highest BCUT2D eigenvalue weighted by Crippen LogP contribution is 2.40. The summed E-state index contributed by atoms with van der Waals surface area (Å²) in [5.74, 6) is 0.183. The Bertz CT molecular complexity index is 1060. The lowest BCUT2D eigenvalue weighted by molar-refractivity contribution is 0.423. The van der Waals surface area contributed by atoms with Gasteiger partial charge in [0, 0.05) is 17.3 Å². The fourth-order valence-corrected chi connectivity index (χ4v) is 4.03. The van der Waals surface area contributed by atoms with Crippen LogP contribution in [0.15, 0.2) is 40.4 Å². The van der Waals surface area contributed by atoms with Crippen LogP contribution < -0.4 is 0 Å². The molecule has 0 saturated carbocycles. The van der Waals surface area contributed by atoms with E-state index in [-0.39, 0.29) is 21.6 Å². The molecule has 0 saturated heterocycles. The van der Waals surface area contributed by atoms with Gasteiger partial charge in [0.05, 0.1) is 5.02 Å². The Morgan fingerprint density at radius 1 is 1.10 bits per heavy atom. The number of allylic oxidation sites excluding steroid dienone is 1. The van der Waals surface area contributed by atoms with Gasteiger partial charge in [0.15, 0.2) is 9.93 Å². The molecule has 0 aliphatic rings. The third-order valence-electron chi connectivity index (χ3n) is 4.42. The predicted molar refractivity (Wildman–Crippen MR) is 116 cm³/mol. The van der Waals surface area contributed by atoms with Crippen molar-refractivity contribution in [2.75, 3.05) is 0 Å². The minimum atomic E-state index is -4.11. The summed E-state index contributed by atoms with van der Waals surface area (Å²) < 4.78 is 25.7. The molecule has 7 heteroatoms. The van der Waals surface area contributed by atoms with Gasteiger partial charge in [-0.25, -0.2) is 13.4 Å². The molecule has 0 amide bonds. The summed E-state index contributed by atoms with van der Waals surface area (Å²) in [6, 6.07) is 7.88. The second kappa shape index (κ2) is 7.81. The van der Waals surface area contributed by atoms with Gasteiger partial charge >= 0.3 is 0 Å². The molecule has 1 aromatic carbocycles. The van der Waals surface area contributed by atoms with E-state index in [9.17, 15) is 18.8 Å². The standard InChI is InChI=1S/C22H25ClN2O3S/c1-21(2,3)17-10-14(11-18(20(17)26)22(4,5)6)9-16(12-24)29(27,28)19-8-7-15(23)13-25-19/h7-11,13,26H,1-6H3/b16-9+. The first-order valence-corrected chi connectivity index (χ1v) is 10.9. The first-order chi connectivity index (χ1) is 13.2. The highest BCUT2D eigenvalue weighted by atomic mass is 35.5. The number of sulfone groups is 1. The number of halogens is 1. The van der Waals surface area contributed by atoms with Gasteiger partial charge in [-0.3, -0.25) is 0 Å². The summed E-state index contributed by atoms with van der Waals surface area (Å²) in [5, 5.41) is 20.4. The van der Waals surface area contributed by atoms with Crippen molar-refractivity contribution in [2.24, 2.45) is 0 Å². The Morgan fingerprint density at radius 3 is 2.00 bits per heavy atom. The van der Waals surface area contributed by atoms with E-state index in [1.807, 2.05) is 41.5 Å². The Labute approximate surface area is 177 Å². The summed E-state index contributed by atoms with van der Waals surface area (Å²) in [6.45, 7) is 11.8. The molecule has 29 heavy (non-hydrogen) atoms. The number of aromatic nitrogens is 1. The van der Waals surface area contributed by atoms with Crippen molar-refractivity contribution in [3.05, 3.63) is 57.1 Å². The zero-order valence-electron chi connectivity index (χ0n) is 17.4. The summed E-state index contributed by atoms with van der Waals surface area (Å²) in [4.78, 5) is 3.40. The summed E-state index contributed by atoms with van der Waals surface area (Å²) in [5.41, 5.74) is 1.12. The zero-order chi connectivity index (χ0) is 22.2. The number of aromatic hydroxyl groups is 1. The molecule has 0 bridgehead atoms. The molecule has 0 aliphatic heterocycles. The maximum atomic E-state index is 12.9. The zero-order valence-corrected chi connectivity index (χ0v) is 19.0. The highest BCUT2D eigenvalue weighted by molar-refractivity contribution is 7.95. The topological polar surface area (TPSA) is 91.0 Å². The first kappa shape index (κ1) is 22.9. The molecule has 1 N–H and O–H groups in total. The van der Waals surface area contributed by atoms with E-state index in [4.69, 9.17) is 11.6 Å². The van der Waals surface area contributed by atoms with Crippen LogP contribution in [-0.2, 0) is 20.7 Å². The van der Waals surface area contributed by atoms with Gasteiger partial charge < -0.3 is 5.11 Å². The summed E-state index contributed by atoms with van der Waals surface area (Å²) >= 11 is 5.78. The molecule has 0 aliphatic carbocycles. The minimum Gasteiger partial charge on any atom is -0.507 e. The molecule has 0 radical (unpaired) electrons. The van der Waals surface area contributed by atoms with Crippen LogP contribution in [0, 0.1) is 11.3 Å². The summed E-state index contributed by atoms with van der Waals surface area (Å²) in [6.07, 6.45) is 2.54. The van der Waals surface area contributed by atoms with Crippen molar-refractivity contribution in [3.8, 4) is 11.8 Å². The van der Waals surface area contributed by atoms with E-state index < -0.39 is 14.7 Å². The van der Waals surface area contributed by atoms with Crippen LogP contribution in [0.2, 0.25) is 5.02 Å². The lowest BCUT2D eigenvalue weighted by atomic mass is 9.78. The average molecular weight is 433 g/mol. The van der Waals surface area contributed by atoms with Crippen molar-refractivity contribution in [1.29, 1.82) is 5.26 Å². The van der Waals surface area contributed by atoms with Gasteiger partial charge in [-0.2, -0.15) is 5.26 Å². The van der Waals surface area contributed by atoms with Crippen LogP contribution >= 0.6 is 11.6 Å². The lowest BCUT2D eigenvalue weighted by Gasteiger charge is -2.28. The van der Waals surface area contributed by atoms with Gasteiger partial charge in [0.25, 0.3) is 0 Å². The van der Waals surface area contributed by atoms with Crippen molar-refractivity contribution >= 4 is 27.5 Å². The van der Waals surface area contributed by atoms with E-state index >= 15 is 0 Å². The van der Waals surface area contributed by atoms with Gasteiger partial charge in [-0.15, -0.1) is 0 Å². The molecule has 1 heterocycles.